The van der Waals surface area contributed by atoms with Crippen molar-refractivity contribution in [2.75, 3.05) is 13.2 Å². The molecule has 0 spiro atoms. The molecule has 2 unspecified atom stereocenters. The van der Waals surface area contributed by atoms with E-state index in [0.717, 1.165) is 70.6 Å². The van der Waals surface area contributed by atoms with Gasteiger partial charge < -0.3 is 20.3 Å². The van der Waals surface area contributed by atoms with Gasteiger partial charge in [-0.25, -0.2) is 0 Å². The molecule has 0 aliphatic carbocycles. The average Bonchev–Trinajstić information content (AvgIpc) is 3.21. The van der Waals surface area contributed by atoms with Crippen molar-refractivity contribution in [3.63, 3.8) is 0 Å². The highest BCUT2D eigenvalue weighted by molar-refractivity contribution is 5.76. The number of hydrogen-bond acceptors (Lipinski definition) is 5. The SMILES string of the molecule is CCCCCCCC/C=C\CCCCCCCCCC(=O)OCCCCCC/C=C\CCCC(=O)NC(CO)C(O)CCCCCCCCCCCCCCCC. The van der Waals surface area contributed by atoms with Crippen molar-refractivity contribution in [1.29, 1.82) is 0 Å². The van der Waals surface area contributed by atoms with Crippen LogP contribution in [0.25, 0.3) is 0 Å². The molecule has 57 heavy (non-hydrogen) atoms. The Balaban J connectivity index is 3.53. The minimum atomic E-state index is -0.694. The lowest BCUT2D eigenvalue weighted by Gasteiger charge is -2.22. The third kappa shape index (κ3) is 43.7. The Morgan fingerprint density at radius 2 is 0.842 bits per heavy atom. The van der Waals surface area contributed by atoms with E-state index in [1.807, 2.05) is 0 Å². The van der Waals surface area contributed by atoms with Crippen LogP contribution >= 0.6 is 0 Å². The molecular formula is C51H97NO5. The first kappa shape index (κ1) is 55.3. The van der Waals surface area contributed by atoms with Gasteiger partial charge in [-0.1, -0.05) is 205 Å². The highest BCUT2D eigenvalue weighted by Crippen LogP contribution is 2.16. The van der Waals surface area contributed by atoms with Gasteiger partial charge in [-0.05, 0) is 70.6 Å². The second-order valence-electron chi connectivity index (χ2n) is 17.1. The minimum Gasteiger partial charge on any atom is -0.466 e. The molecule has 0 aliphatic rings. The Morgan fingerprint density at radius 3 is 1.28 bits per heavy atom. The standard InChI is InChI=1S/C51H97NO5/c1-3-5-7-9-11-13-15-17-19-20-21-23-25-29-33-37-41-45-51(56)57-46-42-38-34-30-26-28-32-36-40-44-50(55)52-48(47-53)49(54)43-39-35-31-27-24-22-18-16-14-12-10-8-6-4-2/h17,19,28,32,48-49,53-54H,3-16,18,20-27,29-31,33-47H2,1-2H3,(H,52,55)/b19-17-,32-28-. The normalized spacial score (nSPS) is 12.8. The molecule has 0 fully saturated rings. The Labute approximate surface area is 354 Å². The van der Waals surface area contributed by atoms with E-state index in [2.05, 4.69) is 43.5 Å². The van der Waals surface area contributed by atoms with E-state index in [-0.39, 0.29) is 18.5 Å². The van der Waals surface area contributed by atoms with Crippen LogP contribution in [0.3, 0.4) is 0 Å². The van der Waals surface area contributed by atoms with Gasteiger partial charge >= 0.3 is 5.97 Å². The number of carbonyl (C=O) groups is 2. The van der Waals surface area contributed by atoms with Crippen LogP contribution in [0.4, 0.5) is 0 Å². The summed E-state index contributed by atoms with van der Waals surface area (Å²) in [6.07, 6.45) is 54.3. The van der Waals surface area contributed by atoms with Gasteiger partial charge in [0.25, 0.3) is 0 Å². The number of aliphatic hydroxyl groups excluding tert-OH is 2. The Bertz CT molecular complexity index is 889. The molecule has 0 heterocycles. The molecule has 0 aromatic rings. The maximum absolute atomic E-state index is 12.4. The van der Waals surface area contributed by atoms with Crippen molar-refractivity contribution in [3.05, 3.63) is 24.3 Å². The number of hydrogen-bond donors (Lipinski definition) is 3. The summed E-state index contributed by atoms with van der Waals surface area (Å²) in [6, 6.07) is -0.578. The van der Waals surface area contributed by atoms with Crippen LogP contribution in [-0.2, 0) is 14.3 Å². The lowest BCUT2D eigenvalue weighted by Crippen LogP contribution is -2.45. The summed E-state index contributed by atoms with van der Waals surface area (Å²) in [5.74, 6) is -0.135. The van der Waals surface area contributed by atoms with Crippen molar-refractivity contribution < 1.29 is 24.5 Å². The number of amides is 1. The minimum absolute atomic E-state index is 0.0392. The van der Waals surface area contributed by atoms with Crippen LogP contribution in [0.2, 0.25) is 0 Å². The average molecular weight is 804 g/mol. The van der Waals surface area contributed by atoms with Crippen LogP contribution in [0, 0.1) is 0 Å². The summed E-state index contributed by atoms with van der Waals surface area (Å²) < 4.78 is 5.44. The van der Waals surface area contributed by atoms with Crippen LogP contribution in [0.5, 0.6) is 0 Å². The van der Waals surface area contributed by atoms with E-state index in [1.165, 1.54) is 161 Å². The fraction of sp³-hybridized carbons (Fsp3) is 0.882. The summed E-state index contributed by atoms with van der Waals surface area (Å²) in [4.78, 5) is 24.4. The molecule has 336 valence electrons. The van der Waals surface area contributed by atoms with Gasteiger partial charge in [-0.2, -0.15) is 0 Å². The molecule has 3 N–H and O–H groups in total. The molecule has 0 saturated carbocycles. The molecule has 1 amide bonds. The number of unbranched alkanes of at least 4 members (excludes halogenated alkanes) is 31. The Kier molecular flexibility index (Phi) is 45.7. The Morgan fingerprint density at radius 1 is 0.474 bits per heavy atom. The second-order valence-corrected chi connectivity index (χ2v) is 17.1. The number of allylic oxidation sites excluding steroid dienone is 4. The molecule has 2 atom stereocenters. The third-order valence-electron chi connectivity index (χ3n) is 11.5. The quantitative estimate of drug-likeness (QED) is 0.0324. The van der Waals surface area contributed by atoms with Crippen molar-refractivity contribution in [3.8, 4) is 0 Å². The number of ether oxygens (including phenoxy) is 1. The molecule has 0 rings (SSSR count). The molecule has 6 nitrogen and oxygen atoms in total. The maximum atomic E-state index is 12.4. The van der Waals surface area contributed by atoms with E-state index >= 15 is 0 Å². The van der Waals surface area contributed by atoms with Gasteiger partial charge in [-0.15, -0.1) is 0 Å². The van der Waals surface area contributed by atoms with Gasteiger partial charge in [0.05, 0.1) is 25.4 Å². The number of carbonyl (C=O) groups excluding carboxylic acids is 2. The number of aliphatic hydroxyl groups is 2. The molecule has 6 heteroatoms. The van der Waals surface area contributed by atoms with Crippen LogP contribution in [0.1, 0.15) is 264 Å². The topological polar surface area (TPSA) is 95.9 Å². The molecule has 0 aromatic carbocycles. The summed E-state index contributed by atoms with van der Waals surface area (Å²) in [5.41, 5.74) is 0. The highest BCUT2D eigenvalue weighted by atomic mass is 16.5. The molecule has 0 aromatic heterocycles. The zero-order valence-electron chi connectivity index (χ0n) is 38.1. The summed E-state index contributed by atoms with van der Waals surface area (Å²) in [5, 5.41) is 23.1. The number of rotatable bonds is 46. The molecule has 0 aliphatic heterocycles. The van der Waals surface area contributed by atoms with E-state index in [1.54, 1.807) is 0 Å². The number of esters is 1. The van der Waals surface area contributed by atoms with Crippen molar-refractivity contribution >= 4 is 11.9 Å². The van der Waals surface area contributed by atoms with E-state index in [9.17, 15) is 19.8 Å². The fourth-order valence-corrected chi connectivity index (χ4v) is 7.58. The monoisotopic (exact) mass is 804 g/mol. The van der Waals surface area contributed by atoms with Gasteiger partial charge in [0.1, 0.15) is 0 Å². The Hall–Kier alpha value is -1.66. The first-order valence-corrected chi connectivity index (χ1v) is 25.1. The summed E-state index contributed by atoms with van der Waals surface area (Å²) in [6.45, 7) is 4.85. The van der Waals surface area contributed by atoms with Gasteiger partial charge in [0, 0.05) is 12.8 Å². The fourth-order valence-electron chi connectivity index (χ4n) is 7.58. The van der Waals surface area contributed by atoms with E-state index in [0.29, 0.717) is 25.9 Å². The summed E-state index contributed by atoms with van der Waals surface area (Å²) in [7, 11) is 0. The highest BCUT2D eigenvalue weighted by Gasteiger charge is 2.20. The largest absolute Gasteiger partial charge is 0.466 e. The van der Waals surface area contributed by atoms with Gasteiger partial charge in [0.2, 0.25) is 5.91 Å². The lowest BCUT2D eigenvalue weighted by molar-refractivity contribution is -0.143. The predicted molar refractivity (Wildman–Crippen MR) is 246 cm³/mol. The zero-order chi connectivity index (χ0) is 41.5. The molecular weight excluding hydrogens is 707 g/mol. The molecule has 0 saturated heterocycles. The smallest absolute Gasteiger partial charge is 0.305 e. The maximum Gasteiger partial charge on any atom is 0.305 e. The van der Waals surface area contributed by atoms with Crippen LogP contribution < -0.4 is 5.32 Å². The van der Waals surface area contributed by atoms with Gasteiger partial charge in [0.15, 0.2) is 0 Å². The number of nitrogens with one attached hydrogen (secondary N) is 1. The van der Waals surface area contributed by atoms with Crippen LogP contribution in [-0.4, -0.2) is 47.4 Å². The van der Waals surface area contributed by atoms with Crippen molar-refractivity contribution in [2.45, 2.75) is 276 Å². The van der Waals surface area contributed by atoms with E-state index < -0.39 is 12.1 Å². The predicted octanol–water partition coefficient (Wildman–Crippen LogP) is 14.7. The van der Waals surface area contributed by atoms with Crippen molar-refractivity contribution in [2.24, 2.45) is 0 Å². The summed E-state index contributed by atoms with van der Waals surface area (Å²) >= 11 is 0. The lowest BCUT2D eigenvalue weighted by atomic mass is 10.0. The first-order valence-electron chi connectivity index (χ1n) is 25.1. The molecule has 0 radical (unpaired) electrons. The molecule has 0 bridgehead atoms. The van der Waals surface area contributed by atoms with E-state index in [4.69, 9.17) is 4.74 Å². The van der Waals surface area contributed by atoms with Crippen LogP contribution in [0.15, 0.2) is 24.3 Å². The van der Waals surface area contributed by atoms with Crippen molar-refractivity contribution in [1.82, 2.24) is 5.32 Å². The third-order valence-corrected chi connectivity index (χ3v) is 11.5. The zero-order valence-corrected chi connectivity index (χ0v) is 38.1. The first-order chi connectivity index (χ1) is 28.0. The second kappa shape index (κ2) is 47.0. The van der Waals surface area contributed by atoms with Gasteiger partial charge in [-0.3, -0.25) is 9.59 Å².